The summed E-state index contributed by atoms with van der Waals surface area (Å²) in [6.45, 7) is 5.84. The van der Waals surface area contributed by atoms with E-state index in [-0.39, 0.29) is 68.3 Å². The van der Waals surface area contributed by atoms with Gasteiger partial charge in [-0.3, -0.25) is 0 Å². The molecule has 0 aliphatic carbocycles. The molecule has 0 aliphatic heterocycles. The third-order valence-electron chi connectivity index (χ3n) is 2.20. The number of aliphatic carboxylic acids is 3. The van der Waals surface area contributed by atoms with Crippen molar-refractivity contribution in [3.05, 3.63) is 0 Å². The first-order valence-corrected chi connectivity index (χ1v) is 7.41. The van der Waals surface area contributed by atoms with Crippen LogP contribution >= 0.6 is 0 Å². The Morgan fingerprint density at radius 1 is 0.609 bits per heavy atom. The molecule has 0 aromatic carbocycles. The number of hydrogen-bond acceptors (Lipinski definition) is 6. The Labute approximate surface area is 174 Å². The van der Waals surface area contributed by atoms with Crippen LogP contribution in [0.2, 0.25) is 0 Å². The summed E-state index contributed by atoms with van der Waals surface area (Å²) in [4.78, 5) is 28.9. The largest absolute Gasteiger partial charge is 2.00 e. The second kappa shape index (κ2) is 30.0. The number of carboxylic acid groups (broad SMARTS) is 3. The molecule has 0 unspecified atom stereocenters. The zero-order valence-corrected chi connectivity index (χ0v) is 20.0. The number of carboxylic acids is 3. The first-order valence-electron chi connectivity index (χ1n) is 7.41. The molecule has 0 rings (SSSR count). The molecule has 0 fully saturated rings. The fraction of sp³-hybridized carbons (Fsp3) is 0.800. The molecule has 0 aromatic rings. The Balaban J connectivity index is -0.0000000675. The molecule has 0 spiro atoms. The summed E-state index contributed by atoms with van der Waals surface area (Å²) in [7, 11) is 0. The van der Waals surface area contributed by atoms with Crippen molar-refractivity contribution >= 4 is 17.9 Å². The van der Waals surface area contributed by atoms with Crippen LogP contribution in [-0.2, 0) is 33.9 Å². The van der Waals surface area contributed by atoms with Crippen molar-refractivity contribution in [2.24, 2.45) is 0 Å². The fourth-order valence-corrected chi connectivity index (χ4v) is 0.963. The number of carbonyl (C=O) groups excluding carboxylic acids is 3. The van der Waals surface area contributed by atoms with Gasteiger partial charge in [0.15, 0.2) is 0 Å². The quantitative estimate of drug-likeness (QED) is 0.381. The first-order chi connectivity index (χ1) is 9.81. The summed E-state index contributed by atoms with van der Waals surface area (Å²) in [5, 5.41) is 28.9. The van der Waals surface area contributed by atoms with E-state index in [0.717, 1.165) is 38.5 Å². The predicted octanol–water partition coefficient (Wildman–Crippen LogP) is -3.22. The molecule has 0 aliphatic rings. The summed E-state index contributed by atoms with van der Waals surface area (Å²) in [6.07, 6.45) is 5.60. The van der Waals surface area contributed by atoms with Crippen molar-refractivity contribution in [3.63, 3.8) is 0 Å². The van der Waals surface area contributed by atoms with Crippen molar-refractivity contribution < 1.29 is 78.7 Å². The van der Waals surface area contributed by atoms with E-state index in [2.05, 4.69) is 0 Å². The third kappa shape index (κ3) is 61.1. The van der Waals surface area contributed by atoms with Crippen molar-refractivity contribution in [3.8, 4) is 0 Å². The molecule has 0 aromatic heterocycles. The van der Waals surface area contributed by atoms with Gasteiger partial charge in [-0.15, -0.1) is 0 Å². The average molecular weight is 392 g/mol. The monoisotopic (exact) mass is 390 g/mol. The van der Waals surface area contributed by atoms with Gasteiger partial charge in [-0.2, -0.15) is 0 Å². The number of unbranched alkanes of at least 4 members (excludes halogenated alkanes) is 3. The van der Waals surface area contributed by atoms with Crippen LogP contribution in [-0.4, -0.2) is 17.9 Å². The SMILES string of the molecule is CCCCC(=O)[O-].CCCCC(=O)[O-].CCCCC(=O)[O-].[Na+].[Zn+2]. The molecule has 0 saturated carbocycles. The Morgan fingerprint density at radius 2 is 0.783 bits per heavy atom. The van der Waals surface area contributed by atoms with Crippen LogP contribution in [0.4, 0.5) is 0 Å². The minimum absolute atomic E-state index is 0. The standard InChI is InChI=1S/3C5H10O2.Na.Zn/c3*1-2-3-4-5(6)7;;/h3*2-4H2,1H3,(H,6,7);;/q;;;+1;+2/p-3. The molecule has 0 bridgehead atoms. The van der Waals surface area contributed by atoms with Gasteiger partial charge in [0.05, 0.1) is 0 Å². The van der Waals surface area contributed by atoms with Gasteiger partial charge in [-0.05, 0) is 38.5 Å². The number of carbonyl (C=O) groups is 3. The summed E-state index contributed by atoms with van der Waals surface area (Å²) >= 11 is 0. The van der Waals surface area contributed by atoms with Crippen molar-refractivity contribution in [1.82, 2.24) is 0 Å². The van der Waals surface area contributed by atoms with E-state index in [1.807, 2.05) is 20.8 Å². The minimum Gasteiger partial charge on any atom is -0.550 e. The van der Waals surface area contributed by atoms with Gasteiger partial charge in [0.2, 0.25) is 0 Å². The van der Waals surface area contributed by atoms with Crippen molar-refractivity contribution in [2.45, 2.75) is 78.6 Å². The number of hydrogen-bond donors (Lipinski definition) is 0. The molecule has 0 atom stereocenters. The molecule has 6 nitrogen and oxygen atoms in total. The smallest absolute Gasteiger partial charge is 0.550 e. The minimum atomic E-state index is -0.943. The van der Waals surface area contributed by atoms with Gasteiger partial charge in [-0.1, -0.05) is 40.0 Å². The van der Waals surface area contributed by atoms with E-state index in [0.29, 0.717) is 0 Å². The number of rotatable bonds is 9. The normalized spacial score (nSPS) is 7.96. The van der Waals surface area contributed by atoms with E-state index in [1.165, 1.54) is 0 Å². The molecule has 126 valence electrons. The zero-order chi connectivity index (χ0) is 17.1. The molecule has 0 radical (unpaired) electrons. The van der Waals surface area contributed by atoms with E-state index >= 15 is 0 Å². The second-order valence-electron chi connectivity index (χ2n) is 4.43. The molecule has 8 heteroatoms. The molecule has 23 heavy (non-hydrogen) atoms. The molecule has 0 saturated heterocycles. The molecular weight excluding hydrogens is 365 g/mol. The Morgan fingerprint density at radius 3 is 0.826 bits per heavy atom. The van der Waals surface area contributed by atoms with Crippen LogP contribution in [0.25, 0.3) is 0 Å². The fourth-order valence-electron chi connectivity index (χ4n) is 0.963. The van der Waals surface area contributed by atoms with E-state index in [1.54, 1.807) is 0 Å². The van der Waals surface area contributed by atoms with Gasteiger partial charge < -0.3 is 29.7 Å². The van der Waals surface area contributed by atoms with Gasteiger partial charge in [0.1, 0.15) is 0 Å². The van der Waals surface area contributed by atoms with Crippen LogP contribution in [0.5, 0.6) is 0 Å². The first kappa shape index (κ1) is 34.4. The molecule has 0 heterocycles. The Hall–Kier alpha value is 0.0334. The maximum atomic E-state index is 9.65. The van der Waals surface area contributed by atoms with Crippen molar-refractivity contribution in [1.29, 1.82) is 0 Å². The second-order valence-corrected chi connectivity index (χ2v) is 4.43. The van der Waals surface area contributed by atoms with E-state index in [4.69, 9.17) is 0 Å². The topological polar surface area (TPSA) is 120 Å². The van der Waals surface area contributed by atoms with Crippen molar-refractivity contribution in [2.75, 3.05) is 0 Å². The van der Waals surface area contributed by atoms with Crippen LogP contribution in [0.15, 0.2) is 0 Å². The molecule has 0 amide bonds. The van der Waals surface area contributed by atoms with Gasteiger partial charge in [0.25, 0.3) is 0 Å². The summed E-state index contributed by atoms with van der Waals surface area (Å²) in [6, 6.07) is 0. The maximum absolute atomic E-state index is 9.65. The van der Waals surface area contributed by atoms with Crippen LogP contribution < -0.4 is 44.9 Å². The maximum Gasteiger partial charge on any atom is 2.00 e. The molecular formula is C15H27NaO6Zn. The van der Waals surface area contributed by atoms with Gasteiger partial charge in [0, 0.05) is 17.9 Å². The van der Waals surface area contributed by atoms with Crippen LogP contribution in [0.3, 0.4) is 0 Å². The van der Waals surface area contributed by atoms with E-state index < -0.39 is 17.9 Å². The Kier molecular flexibility index (Phi) is 44.8. The van der Waals surface area contributed by atoms with Gasteiger partial charge in [-0.25, -0.2) is 0 Å². The Bertz CT molecular complexity index is 232. The summed E-state index contributed by atoms with van der Waals surface area (Å²) < 4.78 is 0. The van der Waals surface area contributed by atoms with Crippen LogP contribution in [0, 0.1) is 0 Å². The van der Waals surface area contributed by atoms with Gasteiger partial charge >= 0.3 is 49.0 Å². The van der Waals surface area contributed by atoms with E-state index in [9.17, 15) is 29.7 Å². The van der Waals surface area contributed by atoms with Crippen LogP contribution in [0.1, 0.15) is 78.6 Å². The zero-order valence-electron chi connectivity index (χ0n) is 15.0. The predicted molar refractivity (Wildman–Crippen MR) is 73.6 cm³/mol. The molecule has 0 N–H and O–H groups in total. The third-order valence-corrected chi connectivity index (χ3v) is 2.20. The average Bonchev–Trinajstić information content (AvgIpc) is 2.41. The summed E-state index contributed by atoms with van der Waals surface area (Å²) in [5.74, 6) is -2.83. The summed E-state index contributed by atoms with van der Waals surface area (Å²) in [5.41, 5.74) is 0.